The minimum absolute atomic E-state index is 0.0258. The van der Waals surface area contributed by atoms with Crippen LogP contribution in [0, 0.1) is 0 Å². The van der Waals surface area contributed by atoms with Gasteiger partial charge in [-0.3, -0.25) is 4.79 Å². The Morgan fingerprint density at radius 2 is 1.97 bits per heavy atom. The maximum atomic E-state index is 12.7. The van der Waals surface area contributed by atoms with Gasteiger partial charge in [0.05, 0.1) is 11.6 Å². The van der Waals surface area contributed by atoms with Crippen molar-refractivity contribution in [3.63, 3.8) is 0 Å². The molecule has 0 radical (unpaired) electrons. The van der Waals surface area contributed by atoms with Gasteiger partial charge in [0.15, 0.2) is 5.76 Å². The molecule has 7 heteroatoms. The van der Waals surface area contributed by atoms with Crippen molar-refractivity contribution in [1.82, 2.24) is 14.9 Å². The highest BCUT2D eigenvalue weighted by atomic mass is 32.1. The second kappa shape index (κ2) is 8.61. The summed E-state index contributed by atoms with van der Waals surface area (Å²) in [6.45, 7) is 7.32. The fourth-order valence-electron chi connectivity index (χ4n) is 4.64. The molecule has 6 nitrogen and oxygen atoms in total. The summed E-state index contributed by atoms with van der Waals surface area (Å²) in [5.41, 5.74) is 1.48. The number of furan rings is 1. The molecule has 0 saturated carbocycles. The number of anilines is 1. The highest BCUT2D eigenvalue weighted by Gasteiger charge is 2.28. The summed E-state index contributed by atoms with van der Waals surface area (Å²) in [6.07, 6.45) is 8.70. The fourth-order valence-corrected chi connectivity index (χ4v) is 5.90. The third-order valence-corrected chi connectivity index (χ3v) is 7.90. The lowest BCUT2D eigenvalue weighted by atomic mass is 10.1. The highest BCUT2D eigenvalue weighted by Crippen LogP contribution is 2.40. The molecule has 1 saturated heterocycles. The van der Waals surface area contributed by atoms with E-state index < -0.39 is 0 Å². The van der Waals surface area contributed by atoms with Crippen LogP contribution in [0.15, 0.2) is 22.8 Å². The molecule has 164 valence electrons. The van der Waals surface area contributed by atoms with Crippen molar-refractivity contribution in [2.75, 3.05) is 31.1 Å². The molecule has 1 amide bonds. The van der Waals surface area contributed by atoms with Gasteiger partial charge >= 0.3 is 0 Å². The molecule has 3 aromatic rings. The minimum Gasteiger partial charge on any atom is -0.459 e. The van der Waals surface area contributed by atoms with Crippen molar-refractivity contribution in [2.24, 2.45) is 0 Å². The number of carbonyl (C=O) groups is 1. The van der Waals surface area contributed by atoms with Crippen LogP contribution in [0.4, 0.5) is 5.82 Å². The number of rotatable bonds is 4. The SMILES string of the molecule is CCC(C)c1nc(N2CCN(C(=O)c3ccco3)CC2)c2c3c(sc2n1)CCCCC3. The van der Waals surface area contributed by atoms with Gasteiger partial charge < -0.3 is 14.2 Å². The summed E-state index contributed by atoms with van der Waals surface area (Å²) < 4.78 is 5.31. The lowest BCUT2D eigenvalue weighted by Crippen LogP contribution is -2.49. The van der Waals surface area contributed by atoms with Crippen LogP contribution >= 0.6 is 11.3 Å². The zero-order valence-corrected chi connectivity index (χ0v) is 19.2. The lowest BCUT2D eigenvalue weighted by molar-refractivity contribution is 0.0714. The van der Waals surface area contributed by atoms with E-state index in [4.69, 9.17) is 14.4 Å². The van der Waals surface area contributed by atoms with Crippen molar-refractivity contribution < 1.29 is 9.21 Å². The van der Waals surface area contributed by atoms with Crippen LogP contribution in [0.25, 0.3) is 10.2 Å². The standard InChI is InChI=1S/C24H30N4O2S/c1-3-16(2)21-25-22(20-17-8-5-4-6-10-19(17)31-23(20)26-21)27-11-13-28(14-12-27)24(29)18-9-7-15-30-18/h7,9,15-16H,3-6,8,10-14H2,1-2H3. The number of aryl methyl sites for hydroxylation is 2. The summed E-state index contributed by atoms with van der Waals surface area (Å²) in [5, 5.41) is 1.28. The molecule has 31 heavy (non-hydrogen) atoms. The molecule has 2 aliphatic rings. The molecule has 5 rings (SSSR count). The number of aromatic nitrogens is 2. The van der Waals surface area contributed by atoms with E-state index in [9.17, 15) is 4.79 Å². The Morgan fingerprint density at radius 1 is 1.16 bits per heavy atom. The summed E-state index contributed by atoms with van der Waals surface area (Å²) in [7, 11) is 0. The normalized spacial score (nSPS) is 18.1. The molecular formula is C24H30N4O2S. The maximum Gasteiger partial charge on any atom is 0.289 e. The van der Waals surface area contributed by atoms with E-state index in [1.807, 2.05) is 16.2 Å². The molecule has 1 aliphatic heterocycles. The smallest absolute Gasteiger partial charge is 0.289 e. The molecule has 1 unspecified atom stereocenters. The Morgan fingerprint density at radius 3 is 2.71 bits per heavy atom. The zero-order chi connectivity index (χ0) is 21.4. The zero-order valence-electron chi connectivity index (χ0n) is 18.4. The molecule has 1 aliphatic carbocycles. The van der Waals surface area contributed by atoms with E-state index in [-0.39, 0.29) is 5.91 Å². The molecule has 4 heterocycles. The summed E-state index contributed by atoms with van der Waals surface area (Å²) in [5.74, 6) is 2.77. The van der Waals surface area contributed by atoms with Crippen LogP contribution in [0.2, 0.25) is 0 Å². The molecule has 1 atom stereocenters. The third kappa shape index (κ3) is 3.84. The van der Waals surface area contributed by atoms with Gasteiger partial charge in [0, 0.05) is 37.0 Å². The molecule has 0 N–H and O–H groups in total. The first-order valence-electron chi connectivity index (χ1n) is 11.6. The second-order valence-corrected chi connectivity index (χ2v) is 9.80. The van der Waals surface area contributed by atoms with Crippen LogP contribution in [-0.2, 0) is 12.8 Å². The van der Waals surface area contributed by atoms with Crippen molar-refractivity contribution in [1.29, 1.82) is 0 Å². The largest absolute Gasteiger partial charge is 0.459 e. The number of nitrogens with zero attached hydrogens (tertiary/aromatic N) is 4. The topological polar surface area (TPSA) is 62.5 Å². The summed E-state index contributed by atoms with van der Waals surface area (Å²) >= 11 is 1.88. The van der Waals surface area contributed by atoms with Crippen molar-refractivity contribution >= 4 is 33.3 Å². The van der Waals surface area contributed by atoms with Gasteiger partial charge in [0.2, 0.25) is 0 Å². The van der Waals surface area contributed by atoms with Crippen molar-refractivity contribution in [3.8, 4) is 0 Å². The first-order valence-corrected chi connectivity index (χ1v) is 12.4. The highest BCUT2D eigenvalue weighted by molar-refractivity contribution is 7.19. The van der Waals surface area contributed by atoms with Crippen molar-refractivity contribution in [3.05, 3.63) is 40.4 Å². The molecule has 3 aromatic heterocycles. The van der Waals surface area contributed by atoms with Gasteiger partial charge in [-0.1, -0.05) is 20.3 Å². The molecule has 0 spiro atoms. The number of carbonyl (C=O) groups excluding carboxylic acids is 1. The van der Waals surface area contributed by atoms with Crippen LogP contribution in [0.5, 0.6) is 0 Å². The number of amides is 1. The second-order valence-electron chi connectivity index (χ2n) is 8.72. The Bertz CT molecular complexity index is 1070. The Balaban J connectivity index is 1.48. The van der Waals surface area contributed by atoms with E-state index in [2.05, 4.69) is 18.7 Å². The predicted molar refractivity (Wildman–Crippen MR) is 124 cm³/mol. The Hall–Kier alpha value is -2.41. The summed E-state index contributed by atoms with van der Waals surface area (Å²) in [6, 6.07) is 3.50. The predicted octanol–water partition coefficient (Wildman–Crippen LogP) is 5.03. The van der Waals surface area contributed by atoms with Gasteiger partial charge in [-0.15, -0.1) is 11.3 Å². The van der Waals surface area contributed by atoms with E-state index in [1.165, 1.54) is 41.5 Å². The van der Waals surface area contributed by atoms with Crippen LogP contribution in [-0.4, -0.2) is 47.0 Å². The first-order chi connectivity index (χ1) is 15.2. The van der Waals surface area contributed by atoms with E-state index >= 15 is 0 Å². The number of thiophene rings is 1. The Labute approximate surface area is 187 Å². The van der Waals surface area contributed by atoms with Gasteiger partial charge in [-0.2, -0.15) is 0 Å². The average Bonchev–Trinajstić information content (AvgIpc) is 3.40. The van der Waals surface area contributed by atoms with Gasteiger partial charge in [-0.05, 0) is 49.8 Å². The molecule has 0 bridgehead atoms. The van der Waals surface area contributed by atoms with Gasteiger partial charge in [0.1, 0.15) is 16.5 Å². The summed E-state index contributed by atoms with van der Waals surface area (Å²) in [4.78, 5) is 29.7. The van der Waals surface area contributed by atoms with Crippen LogP contribution in [0.1, 0.15) is 72.3 Å². The molecule has 1 fully saturated rings. The number of hydrogen-bond donors (Lipinski definition) is 0. The monoisotopic (exact) mass is 438 g/mol. The Kier molecular flexibility index (Phi) is 5.69. The molecular weight excluding hydrogens is 408 g/mol. The van der Waals surface area contributed by atoms with Crippen LogP contribution in [0.3, 0.4) is 0 Å². The average molecular weight is 439 g/mol. The quantitative estimate of drug-likeness (QED) is 0.535. The minimum atomic E-state index is -0.0258. The number of fused-ring (bicyclic) bond motifs is 3. The van der Waals surface area contributed by atoms with E-state index in [0.29, 0.717) is 24.8 Å². The fraction of sp³-hybridized carbons (Fsp3) is 0.542. The third-order valence-electron chi connectivity index (χ3n) is 6.71. The van der Waals surface area contributed by atoms with E-state index in [0.717, 1.165) is 42.4 Å². The van der Waals surface area contributed by atoms with Crippen molar-refractivity contribution in [2.45, 2.75) is 58.3 Å². The number of piperazine rings is 1. The lowest BCUT2D eigenvalue weighted by Gasteiger charge is -2.35. The maximum absolute atomic E-state index is 12.7. The molecule has 0 aromatic carbocycles. The number of hydrogen-bond acceptors (Lipinski definition) is 6. The van der Waals surface area contributed by atoms with Gasteiger partial charge in [-0.25, -0.2) is 9.97 Å². The van der Waals surface area contributed by atoms with Crippen LogP contribution < -0.4 is 4.90 Å². The van der Waals surface area contributed by atoms with Gasteiger partial charge in [0.25, 0.3) is 5.91 Å². The van der Waals surface area contributed by atoms with E-state index in [1.54, 1.807) is 18.4 Å². The first kappa shape index (κ1) is 20.5.